The fraction of sp³-hybridized carbons (Fsp3) is 0.552. The maximum atomic E-state index is 13.1. The molecule has 2 heterocycles. The first-order valence-electron chi connectivity index (χ1n) is 14.4. The largest absolute Gasteiger partial charge is 0.508 e. The van der Waals surface area contributed by atoms with E-state index in [1.807, 2.05) is 27.7 Å². The molecule has 1 amide bonds. The van der Waals surface area contributed by atoms with Crippen LogP contribution in [0.4, 0.5) is 10.6 Å². The summed E-state index contributed by atoms with van der Waals surface area (Å²) >= 11 is 0. The summed E-state index contributed by atoms with van der Waals surface area (Å²) in [7, 11) is -1.64. The third-order valence-electron chi connectivity index (χ3n) is 6.64. The number of ether oxygens (including phenoxy) is 3. The fourth-order valence-corrected chi connectivity index (χ4v) is 6.29. The molecule has 1 N–H and O–H groups in total. The minimum atomic E-state index is -1.64. The molecule has 13 nitrogen and oxygen atoms in total. The van der Waals surface area contributed by atoms with Crippen LogP contribution in [0.25, 0.3) is 0 Å². The molecule has 4 atom stereocenters. The van der Waals surface area contributed by atoms with E-state index in [0.29, 0.717) is 5.56 Å². The smallest absolute Gasteiger partial charge is 0.431 e. The number of aromatic nitrogens is 2. The van der Waals surface area contributed by atoms with Gasteiger partial charge in [-0.05, 0) is 58.7 Å². The number of carbonyl (C=O) groups excluding carboxylic acids is 2. The third kappa shape index (κ3) is 9.29. The lowest BCUT2D eigenvalue weighted by Crippen LogP contribution is -2.37. The van der Waals surface area contributed by atoms with Crippen LogP contribution in [-0.2, 0) is 23.3 Å². The molecule has 1 saturated heterocycles. The lowest BCUT2D eigenvalue weighted by molar-refractivity contribution is -0.0576. The highest BCUT2D eigenvalue weighted by Crippen LogP contribution is 2.50. The molecule has 0 spiro atoms. The van der Waals surface area contributed by atoms with Gasteiger partial charge in [0, 0.05) is 30.3 Å². The zero-order chi connectivity index (χ0) is 30.9. The summed E-state index contributed by atoms with van der Waals surface area (Å²) in [4.78, 5) is 41.8. The van der Waals surface area contributed by atoms with E-state index in [1.54, 1.807) is 30.3 Å². The van der Waals surface area contributed by atoms with Crippen molar-refractivity contribution in [3.8, 4) is 6.07 Å². The van der Waals surface area contributed by atoms with Gasteiger partial charge in [-0.3, -0.25) is 9.36 Å². The molecular weight excluding hydrogens is 577 g/mol. The van der Waals surface area contributed by atoms with Crippen molar-refractivity contribution >= 4 is 26.4 Å². The van der Waals surface area contributed by atoms with Gasteiger partial charge >= 0.3 is 11.8 Å². The van der Waals surface area contributed by atoms with Crippen LogP contribution in [0.1, 0.15) is 70.0 Å². The number of nitrogens with zero attached hydrogens (tertiary/aromatic N) is 4. The minimum absolute atomic E-state index is 0.0694. The number of amides is 1. The number of anilines is 1. The summed E-state index contributed by atoms with van der Waals surface area (Å²) in [5.74, 6) is -0.293. The van der Waals surface area contributed by atoms with E-state index in [0.717, 1.165) is 12.8 Å². The van der Waals surface area contributed by atoms with Crippen LogP contribution in [0.3, 0.4) is 0 Å². The summed E-state index contributed by atoms with van der Waals surface area (Å²) in [6.45, 7) is 8.13. The average Bonchev–Trinajstić information content (AvgIpc) is 3.69. The third-order valence-corrected chi connectivity index (χ3v) is 8.79. The van der Waals surface area contributed by atoms with Crippen molar-refractivity contribution in [3.05, 3.63) is 58.6 Å². The second kappa shape index (κ2) is 15.4. The minimum Gasteiger partial charge on any atom is -0.431 e. The van der Waals surface area contributed by atoms with Gasteiger partial charge < -0.3 is 28.6 Å². The molecule has 0 radical (unpaired) electrons. The number of hydrogen-bond donors (Lipinski definition) is 1. The van der Waals surface area contributed by atoms with Crippen LogP contribution < -0.4 is 11.0 Å². The van der Waals surface area contributed by atoms with Crippen molar-refractivity contribution in [1.82, 2.24) is 14.2 Å². The van der Waals surface area contributed by atoms with Gasteiger partial charge in [0.15, 0.2) is 0 Å². The van der Waals surface area contributed by atoms with Gasteiger partial charge in [0.05, 0.1) is 25.2 Å². The second-order valence-corrected chi connectivity index (χ2v) is 12.2. The maximum absolute atomic E-state index is 13.1. The van der Waals surface area contributed by atoms with Crippen molar-refractivity contribution in [1.29, 1.82) is 5.26 Å². The van der Waals surface area contributed by atoms with Crippen LogP contribution in [0, 0.1) is 11.3 Å². The molecule has 1 aliphatic carbocycles. The molecule has 2 fully saturated rings. The number of nitriles is 1. The Bertz CT molecular complexity index is 1320. The molecule has 1 aliphatic heterocycles. The fourth-order valence-electron chi connectivity index (χ4n) is 4.53. The normalized spacial score (nSPS) is 20.7. The molecule has 2 aliphatic rings. The monoisotopic (exact) mass is 615 g/mol. The van der Waals surface area contributed by atoms with Crippen molar-refractivity contribution in [3.63, 3.8) is 0 Å². The number of hydrogen-bond acceptors (Lipinski definition) is 11. The summed E-state index contributed by atoms with van der Waals surface area (Å²) in [5.41, 5.74) is -0.205. The van der Waals surface area contributed by atoms with Gasteiger partial charge in [-0.15, -0.1) is 0 Å². The molecule has 1 saturated carbocycles. The first kappa shape index (κ1) is 32.5. The topological polar surface area (TPSA) is 154 Å². The Morgan fingerprint density at radius 3 is 2.53 bits per heavy atom. The van der Waals surface area contributed by atoms with E-state index in [-0.39, 0.29) is 50.1 Å². The molecule has 232 valence electrons. The first-order valence-corrected chi connectivity index (χ1v) is 15.5. The Morgan fingerprint density at radius 2 is 1.91 bits per heavy atom. The molecule has 1 aromatic carbocycles. The van der Waals surface area contributed by atoms with E-state index in [1.165, 1.54) is 16.8 Å². The van der Waals surface area contributed by atoms with Gasteiger partial charge in [-0.2, -0.15) is 10.2 Å². The predicted octanol–water partition coefficient (Wildman–Crippen LogP) is 4.76. The molecule has 4 rings (SSSR count). The van der Waals surface area contributed by atoms with Crippen LogP contribution in [0.2, 0.25) is 0 Å². The van der Waals surface area contributed by atoms with E-state index >= 15 is 0 Å². The van der Waals surface area contributed by atoms with Gasteiger partial charge in [0.25, 0.3) is 14.4 Å². The van der Waals surface area contributed by atoms with E-state index in [2.05, 4.69) is 21.0 Å². The SMILES string of the molecule is CC(C)N(C(C)C)P(OCCC#N)O[C@H]1C[C@H](n2ccc(NC(=O)c3ccccc3)nc2=O)O[C@@H]1COC(=O)OC1CC1. The number of benzene rings is 1. The Balaban J connectivity index is 1.51. The van der Waals surface area contributed by atoms with E-state index in [4.69, 9.17) is 28.5 Å². The Hall–Kier alpha value is -3.40. The van der Waals surface area contributed by atoms with Crippen LogP contribution in [0.5, 0.6) is 0 Å². The highest BCUT2D eigenvalue weighted by molar-refractivity contribution is 7.44. The van der Waals surface area contributed by atoms with Gasteiger partial charge in [0.1, 0.15) is 30.9 Å². The molecule has 14 heteroatoms. The second-order valence-electron chi connectivity index (χ2n) is 10.8. The zero-order valence-electron chi connectivity index (χ0n) is 24.8. The van der Waals surface area contributed by atoms with Crippen molar-refractivity contribution in [2.45, 2.75) is 90.0 Å². The average molecular weight is 616 g/mol. The maximum Gasteiger partial charge on any atom is 0.508 e. The van der Waals surface area contributed by atoms with E-state index in [9.17, 15) is 14.4 Å². The number of rotatable bonds is 14. The van der Waals surface area contributed by atoms with Gasteiger partial charge in [0.2, 0.25) is 0 Å². The van der Waals surface area contributed by atoms with Gasteiger partial charge in [-0.25, -0.2) is 14.3 Å². The lowest BCUT2D eigenvalue weighted by atomic mass is 10.2. The van der Waals surface area contributed by atoms with Crippen molar-refractivity contribution in [2.24, 2.45) is 0 Å². The van der Waals surface area contributed by atoms with Crippen LogP contribution >= 0.6 is 8.53 Å². The summed E-state index contributed by atoms with van der Waals surface area (Å²) in [5, 5.41) is 11.7. The molecule has 43 heavy (non-hydrogen) atoms. The van der Waals surface area contributed by atoms with Crippen LogP contribution in [-0.4, -0.2) is 69.9 Å². The lowest BCUT2D eigenvalue weighted by Gasteiger charge is -2.37. The van der Waals surface area contributed by atoms with Crippen molar-refractivity contribution < 1.29 is 32.8 Å². The molecule has 1 unspecified atom stereocenters. The summed E-state index contributed by atoms with van der Waals surface area (Å²) < 4.78 is 32.7. The molecule has 1 aromatic heterocycles. The van der Waals surface area contributed by atoms with Gasteiger partial charge in [-0.1, -0.05) is 18.2 Å². The highest BCUT2D eigenvalue weighted by Gasteiger charge is 2.42. The quantitative estimate of drug-likeness (QED) is 0.178. The standard InChI is InChI=1S/C29H38N5O8P/c1-19(2)34(20(3)4)43(39-16-8-14-30)42-23-17-26(41-24(23)18-38-29(37)40-22-11-12-22)33-15-13-25(32-28(33)36)31-27(35)21-9-6-5-7-10-21/h5-7,9-10,13,15,19-20,22-24,26H,8,11-12,16-18H2,1-4H3,(H,31,32,35,36)/t23-,24+,26+,43?/m0/s1. The summed E-state index contributed by atoms with van der Waals surface area (Å²) in [6, 6.07) is 12.3. The number of nitrogens with one attached hydrogen (secondary N) is 1. The molecule has 2 aromatic rings. The Labute approximate surface area is 252 Å². The van der Waals surface area contributed by atoms with E-state index < -0.39 is 44.7 Å². The Kier molecular flexibility index (Phi) is 11.6. The zero-order valence-corrected chi connectivity index (χ0v) is 25.6. The first-order chi connectivity index (χ1) is 20.7. The van der Waals surface area contributed by atoms with Crippen LogP contribution in [0.15, 0.2) is 47.4 Å². The predicted molar refractivity (Wildman–Crippen MR) is 157 cm³/mol. The highest BCUT2D eigenvalue weighted by atomic mass is 31.2. The molecule has 0 bridgehead atoms. The van der Waals surface area contributed by atoms with Crippen molar-refractivity contribution in [2.75, 3.05) is 18.5 Å². The number of carbonyl (C=O) groups is 2. The molecular formula is C29H38N5O8P. The summed E-state index contributed by atoms with van der Waals surface area (Å²) in [6.07, 6.45) is 0.470. The Morgan fingerprint density at radius 1 is 1.19 bits per heavy atom.